The Kier molecular flexibility index (Phi) is 3.45. The van der Waals surface area contributed by atoms with Gasteiger partial charge in [0, 0.05) is 11.8 Å². The second-order valence-corrected chi connectivity index (χ2v) is 5.37. The molecule has 2 aromatic heterocycles. The summed E-state index contributed by atoms with van der Waals surface area (Å²) in [4.78, 5) is 16.3. The second kappa shape index (κ2) is 5.39. The third-order valence-corrected chi connectivity index (χ3v) is 3.97. The third kappa shape index (κ3) is 2.92. The third-order valence-electron chi connectivity index (χ3n) is 2.76. The number of hydrogen-bond donors (Lipinski definition) is 2. The van der Waals surface area contributed by atoms with Crippen LogP contribution in [-0.2, 0) is 0 Å². The number of aromatic nitrogens is 6. The molecular formula is C10H14N8S. The van der Waals surface area contributed by atoms with Crippen molar-refractivity contribution in [3.8, 4) is 5.95 Å². The summed E-state index contributed by atoms with van der Waals surface area (Å²) in [6.07, 6.45) is 5.27. The van der Waals surface area contributed by atoms with Crippen LogP contribution in [0.2, 0.25) is 0 Å². The number of nitrogens with zero attached hydrogens (tertiary/aromatic N) is 6. The predicted molar refractivity (Wildman–Crippen MR) is 73.1 cm³/mol. The fourth-order valence-electron chi connectivity index (χ4n) is 1.90. The first-order valence-electron chi connectivity index (χ1n) is 6.02. The van der Waals surface area contributed by atoms with Gasteiger partial charge in [0.1, 0.15) is 12.7 Å². The van der Waals surface area contributed by atoms with Gasteiger partial charge in [-0.1, -0.05) is 0 Å². The molecule has 1 unspecified atom stereocenters. The highest BCUT2D eigenvalue weighted by molar-refractivity contribution is 7.99. The molecular weight excluding hydrogens is 264 g/mol. The molecule has 1 fully saturated rings. The Morgan fingerprint density at radius 2 is 2.32 bits per heavy atom. The van der Waals surface area contributed by atoms with E-state index in [9.17, 15) is 0 Å². The summed E-state index contributed by atoms with van der Waals surface area (Å²) in [5.74, 6) is 3.32. The Balaban J connectivity index is 1.81. The van der Waals surface area contributed by atoms with Gasteiger partial charge in [0.15, 0.2) is 0 Å². The average molecular weight is 278 g/mol. The number of nitrogens with two attached hydrogens (primary N) is 1. The molecule has 8 nitrogen and oxygen atoms in total. The fraction of sp³-hybridized carbons (Fsp3) is 0.500. The van der Waals surface area contributed by atoms with Gasteiger partial charge in [-0.2, -0.15) is 36.5 Å². The summed E-state index contributed by atoms with van der Waals surface area (Å²) in [5.41, 5.74) is 5.70. The van der Waals surface area contributed by atoms with Gasteiger partial charge in [0.25, 0.3) is 5.95 Å². The number of hydrogen-bond acceptors (Lipinski definition) is 8. The van der Waals surface area contributed by atoms with Crippen molar-refractivity contribution < 1.29 is 0 Å². The highest BCUT2D eigenvalue weighted by atomic mass is 32.2. The highest BCUT2D eigenvalue weighted by Gasteiger charge is 2.15. The van der Waals surface area contributed by atoms with E-state index < -0.39 is 0 Å². The first-order chi connectivity index (χ1) is 9.31. The highest BCUT2D eigenvalue weighted by Crippen LogP contribution is 2.19. The smallest absolute Gasteiger partial charge is 0.258 e. The molecule has 0 saturated carbocycles. The van der Waals surface area contributed by atoms with E-state index in [1.807, 2.05) is 11.8 Å². The van der Waals surface area contributed by atoms with Crippen LogP contribution >= 0.6 is 11.8 Å². The maximum absolute atomic E-state index is 5.70. The van der Waals surface area contributed by atoms with Crippen molar-refractivity contribution in [3.63, 3.8) is 0 Å². The summed E-state index contributed by atoms with van der Waals surface area (Å²) in [7, 11) is 0. The van der Waals surface area contributed by atoms with Crippen molar-refractivity contribution in [2.24, 2.45) is 0 Å². The van der Waals surface area contributed by atoms with Crippen LogP contribution in [0.25, 0.3) is 5.95 Å². The number of anilines is 2. The fourth-order valence-corrected chi connectivity index (χ4v) is 2.97. The molecule has 3 rings (SSSR count). The van der Waals surface area contributed by atoms with E-state index in [1.54, 1.807) is 0 Å². The second-order valence-electron chi connectivity index (χ2n) is 4.22. The standard InChI is InChI=1S/C10H14N8S/c11-8-15-9(14-7-2-1-3-19-4-7)17-10(16-8)18-6-12-5-13-18/h5-7H,1-4H2,(H3,11,14,15,16,17). The molecule has 9 heteroatoms. The van der Waals surface area contributed by atoms with Crippen LogP contribution in [0, 0.1) is 0 Å². The van der Waals surface area contributed by atoms with Crippen LogP contribution in [0.15, 0.2) is 12.7 Å². The van der Waals surface area contributed by atoms with Crippen LogP contribution in [0.4, 0.5) is 11.9 Å². The average Bonchev–Trinajstić information content (AvgIpc) is 2.93. The van der Waals surface area contributed by atoms with E-state index in [1.165, 1.54) is 29.5 Å². The first kappa shape index (κ1) is 12.2. The SMILES string of the molecule is Nc1nc(NC2CCCSC2)nc(-n2cncn2)n1. The summed E-state index contributed by atoms with van der Waals surface area (Å²) in [6.45, 7) is 0. The lowest BCUT2D eigenvalue weighted by Crippen LogP contribution is -2.27. The van der Waals surface area contributed by atoms with Crippen LogP contribution < -0.4 is 11.1 Å². The van der Waals surface area contributed by atoms with Crippen LogP contribution in [-0.4, -0.2) is 47.3 Å². The van der Waals surface area contributed by atoms with Crippen molar-refractivity contribution >= 4 is 23.7 Å². The topological polar surface area (TPSA) is 107 Å². The Morgan fingerprint density at radius 3 is 3.05 bits per heavy atom. The molecule has 2 aromatic rings. The zero-order valence-electron chi connectivity index (χ0n) is 10.2. The zero-order valence-corrected chi connectivity index (χ0v) is 11.0. The normalized spacial score (nSPS) is 19.3. The van der Waals surface area contributed by atoms with E-state index in [0.717, 1.165) is 12.2 Å². The van der Waals surface area contributed by atoms with Gasteiger partial charge in [-0.25, -0.2) is 4.98 Å². The molecule has 0 aromatic carbocycles. The molecule has 1 saturated heterocycles. The van der Waals surface area contributed by atoms with E-state index >= 15 is 0 Å². The minimum Gasteiger partial charge on any atom is -0.368 e. The Hall–Kier alpha value is -1.90. The van der Waals surface area contributed by atoms with Crippen LogP contribution in [0.3, 0.4) is 0 Å². The molecule has 0 bridgehead atoms. The molecule has 3 N–H and O–H groups in total. The maximum Gasteiger partial charge on any atom is 0.258 e. The van der Waals surface area contributed by atoms with Gasteiger partial charge in [-0.15, -0.1) is 0 Å². The van der Waals surface area contributed by atoms with Gasteiger partial charge >= 0.3 is 0 Å². The summed E-state index contributed by atoms with van der Waals surface area (Å²) < 4.78 is 1.46. The van der Waals surface area contributed by atoms with Crippen LogP contribution in [0.5, 0.6) is 0 Å². The molecule has 0 radical (unpaired) electrons. The molecule has 1 atom stereocenters. The van der Waals surface area contributed by atoms with Gasteiger partial charge in [-0.05, 0) is 18.6 Å². The monoisotopic (exact) mass is 278 g/mol. The molecule has 0 amide bonds. The molecule has 3 heterocycles. The number of rotatable bonds is 3. The zero-order chi connectivity index (χ0) is 13.1. The van der Waals surface area contributed by atoms with Gasteiger partial charge in [0.05, 0.1) is 0 Å². The lowest BCUT2D eigenvalue weighted by molar-refractivity contribution is 0.676. The van der Waals surface area contributed by atoms with Gasteiger partial charge < -0.3 is 11.1 Å². The van der Waals surface area contributed by atoms with Crippen molar-refractivity contribution in [1.82, 2.24) is 29.7 Å². The Labute approximate surface area is 114 Å². The van der Waals surface area contributed by atoms with E-state index in [4.69, 9.17) is 5.73 Å². The molecule has 0 spiro atoms. The quantitative estimate of drug-likeness (QED) is 0.827. The number of nitrogen functional groups attached to an aromatic ring is 1. The van der Waals surface area contributed by atoms with E-state index in [0.29, 0.717) is 17.9 Å². The minimum absolute atomic E-state index is 0.173. The van der Waals surface area contributed by atoms with E-state index in [2.05, 4.69) is 30.4 Å². The molecule has 19 heavy (non-hydrogen) atoms. The summed E-state index contributed by atoms with van der Waals surface area (Å²) in [5, 5.41) is 7.28. The summed E-state index contributed by atoms with van der Waals surface area (Å²) >= 11 is 1.94. The number of thioether (sulfide) groups is 1. The lowest BCUT2D eigenvalue weighted by atomic mass is 10.2. The predicted octanol–water partition coefficient (Wildman–Crippen LogP) is 0.342. The van der Waals surface area contributed by atoms with Gasteiger partial charge in [-0.3, -0.25) is 0 Å². The molecule has 1 aliphatic heterocycles. The van der Waals surface area contributed by atoms with Gasteiger partial charge in [0.2, 0.25) is 11.9 Å². The van der Waals surface area contributed by atoms with Crippen molar-refractivity contribution in [1.29, 1.82) is 0 Å². The van der Waals surface area contributed by atoms with Crippen LogP contribution in [0.1, 0.15) is 12.8 Å². The maximum atomic E-state index is 5.70. The van der Waals surface area contributed by atoms with E-state index in [-0.39, 0.29) is 5.95 Å². The lowest BCUT2D eigenvalue weighted by Gasteiger charge is -2.22. The summed E-state index contributed by atoms with van der Waals surface area (Å²) in [6, 6.07) is 0.379. The minimum atomic E-state index is 0.173. The largest absolute Gasteiger partial charge is 0.368 e. The van der Waals surface area contributed by atoms with Crippen molar-refractivity contribution in [3.05, 3.63) is 12.7 Å². The van der Waals surface area contributed by atoms with Crippen molar-refractivity contribution in [2.75, 3.05) is 22.6 Å². The molecule has 100 valence electrons. The Bertz CT molecular complexity index is 536. The molecule has 1 aliphatic rings. The first-order valence-corrected chi connectivity index (χ1v) is 7.17. The molecule has 0 aliphatic carbocycles. The Morgan fingerprint density at radius 1 is 1.37 bits per heavy atom. The number of nitrogens with one attached hydrogen (secondary N) is 1. The van der Waals surface area contributed by atoms with Crippen molar-refractivity contribution in [2.45, 2.75) is 18.9 Å².